The van der Waals surface area contributed by atoms with E-state index in [-0.39, 0.29) is 48.8 Å². The molecule has 1 amide bonds. The van der Waals surface area contributed by atoms with Crippen LogP contribution in [0.1, 0.15) is 56.6 Å². The van der Waals surface area contributed by atoms with Crippen molar-refractivity contribution < 1.29 is 22.0 Å². The van der Waals surface area contributed by atoms with Crippen molar-refractivity contribution in [2.75, 3.05) is 47.5 Å². The Labute approximate surface area is 237 Å². The third-order valence-corrected chi connectivity index (χ3v) is 11.5. The Morgan fingerprint density at radius 2 is 1.75 bits per heavy atom. The number of hydrogen-bond donors (Lipinski definition) is 1. The number of anilines is 2. The van der Waals surface area contributed by atoms with Gasteiger partial charge in [0, 0.05) is 43.6 Å². The average molecular weight is 590 g/mol. The van der Waals surface area contributed by atoms with Crippen LogP contribution in [0.4, 0.5) is 19.6 Å². The molecule has 4 fully saturated rings. The zero-order chi connectivity index (χ0) is 28.1. The largest absolute Gasteiger partial charge is 0.369 e. The fourth-order valence-corrected chi connectivity index (χ4v) is 8.47. The molecule has 2 aromatic rings. The molecule has 1 N–H and O–H groups in total. The van der Waals surface area contributed by atoms with E-state index in [1.807, 2.05) is 24.3 Å². The zero-order valence-corrected chi connectivity index (χ0v) is 23.9. The lowest BCUT2D eigenvalue weighted by Crippen LogP contribution is -2.42. The van der Waals surface area contributed by atoms with Crippen molar-refractivity contribution >= 4 is 37.9 Å². The molecular weight excluding hydrogens is 556 g/mol. The smallest absolute Gasteiger partial charge is 0.267 e. The Bertz CT molecular complexity index is 1420. The molecule has 3 heterocycles. The van der Waals surface area contributed by atoms with Gasteiger partial charge >= 0.3 is 0 Å². The molecular formula is C28H33F2N5O3S2. The van der Waals surface area contributed by atoms with Crippen molar-refractivity contribution in [1.29, 1.82) is 5.26 Å². The third kappa shape index (κ3) is 5.55. The molecule has 12 heteroatoms. The van der Waals surface area contributed by atoms with Crippen LogP contribution in [-0.2, 0) is 14.6 Å². The number of halogens is 2. The Balaban J connectivity index is 1.32. The first-order chi connectivity index (χ1) is 19.1. The first kappa shape index (κ1) is 27.4. The normalized spacial score (nSPS) is 26.7. The number of nitrogens with one attached hydrogen (secondary N) is 1. The lowest BCUT2D eigenvalue weighted by Gasteiger charge is -2.31. The number of carbonyl (C=O) groups excluding carboxylic acids is 1. The number of hydrogen-bond acceptors (Lipinski definition) is 8. The molecule has 4 aliphatic rings. The number of amides is 1. The minimum absolute atomic E-state index is 0.118. The highest BCUT2D eigenvalue weighted by Crippen LogP contribution is 2.47. The Hall–Kier alpha value is -2.78. The molecule has 6 rings (SSSR count). The number of benzene rings is 1. The lowest BCUT2D eigenvalue weighted by molar-refractivity contribution is -0.127. The average Bonchev–Trinajstić information content (AvgIpc) is 3.41. The van der Waals surface area contributed by atoms with E-state index >= 15 is 0 Å². The highest BCUT2D eigenvalue weighted by atomic mass is 32.2. The summed E-state index contributed by atoms with van der Waals surface area (Å²) in [5, 5.41) is 13.0. The summed E-state index contributed by atoms with van der Waals surface area (Å²) >= 11 is 1.39. The number of thiazole rings is 1. The number of carbonyl (C=O) groups is 1. The number of aromatic nitrogens is 1. The zero-order valence-electron chi connectivity index (χ0n) is 22.2. The maximum Gasteiger partial charge on any atom is 0.267 e. The first-order valence-corrected chi connectivity index (χ1v) is 16.6. The number of nitrogens with zero attached hydrogens (tertiary/aromatic N) is 4. The maximum atomic E-state index is 14.1. The van der Waals surface area contributed by atoms with Gasteiger partial charge in [0.15, 0.2) is 15.0 Å². The van der Waals surface area contributed by atoms with Crippen LogP contribution in [0.5, 0.6) is 0 Å². The Morgan fingerprint density at radius 3 is 2.38 bits per heavy atom. The van der Waals surface area contributed by atoms with Gasteiger partial charge in [-0.05, 0) is 43.4 Å². The second kappa shape index (κ2) is 10.2. The van der Waals surface area contributed by atoms with Crippen LogP contribution < -0.4 is 15.1 Å². The predicted octanol–water partition coefficient (Wildman–Crippen LogP) is 4.34. The molecule has 0 spiro atoms. The number of sulfone groups is 1. The van der Waals surface area contributed by atoms with Crippen molar-refractivity contribution in [3.8, 4) is 16.5 Å². The van der Waals surface area contributed by atoms with Crippen molar-refractivity contribution in [2.45, 2.75) is 62.3 Å². The molecule has 2 aliphatic carbocycles. The van der Waals surface area contributed by atoms with Crippen LogP contribution in [0, 0.1) is 17.2 Å². The van der Waals surface area contributed by atoms with E-state index in [1.54, 1.807) is 4.90 Å². The van der Waals surface area contributed by atoms with Crippen molar-refractivity contribution in [3.05, 3.63) is 30.0 Å². The summed E-state index contributed by atoms with van der Waals surface area (Å²) in [6.45, 7) is 0.763. The molecule has 1 aromatic heterocycles. The highest BCUT2D eigenvalue weighted by Gasteiger charge is 2.47. The van der Waals surface area contributed by atoms with Gasteiger partial charge in [0.2, 0.25) is 5.91 Å². The van der Waals surface area contributed by atoms with E-state index in [1.165, 1.54) is 11.3 Å². The molecule has 2 saturated heterocycles. The third-order valence-electron chi connectivity index (χ3n) is 8.70. The molecule has 0 radical (unpaired) electrons. The van der Waals surface area contributed by atoms with Crippen LogP contribution in [-0.4, -0.2) is 68.5 Å². The second-order valence-electron chi connectivity index (χ2n) is 11.6. The molecule has 8 nitrogen and oxygen atoms in total. The van der Waals surface area contributed by atoms with Crippen molar-refractivity contribution in [1.82, 2.24) is 10.3 Å². The quantitative estimate of drug-likeness (QED) is 0.535. The highest BCUT2D eigenvalue weighted by molar-refractivity contribution is 7.91. The molecule has 214 valence electrons. The Morgan fingerprint density at radius 1 is 1.05 bits per heavy atom. The summed E-state index contributed by atoms with van der Waals surface area (Å²) in [5.74, 6) is -3.10. The molecule has 2 unspecified atom stereocenters. The maximum absolute atomic E-state index is 14.1. The number of nitriles is 1. The van der Waals surface area contributed by atoms with Crippen molar-refractivity contribution in [3.63, 3.8) is 0 Å². The van der Waals surface area contributed by atoms with E-state index in [2.05, 4.69) is 16.3 Å². The topological polar surface area (TPSA) is 106 Å². The number of rotatable bonds is 6. The van der Waals surface area contributed by atoms with E-state index in [0.29, 0.717) is 37.5 Å². The molecule has 2 aliphatic heterocycles. The Kier molecular flexibility index (Phi) is 7.02. The van der Waals surface area contributed by atoms with Crippen LogP contribution >= 0.6 is 11.3 Å². The molecule has 2 saturated carbocycles. The first-order valence-electron chi connectivity index (χ1n) is 14.0. The summed E-state index contributed by atoms with van der Waals surface area (Å²) in [7, 11) is -2.99. The standard InChI is InChI=1S/C28H33F2N5O3S2/c29-28(30)11-12-35(18-28)26-32-23(21-3-1-2-4-22(21)25(36)33-27(17-31)9-10-27)24(39-26)19-5-7-20(8-6-19)34-13-15-40(37,38)16-14-34/h5-8,21-22H,1-4,9-16,18H2,(H,33,36). The minimum atomic E-state index is -2.99. The van der Waals surface area contributed by atoms with Gasteiger partial charge in [-0.25, -0.2) is 22.2 Å². The van der Waals surface area contributed by atoms with Gasteiger partial charge < -0.3 is 15.1 Å². The second-order valence-corrected chi connectivity index (χ2v) is 14.9. The lowest BCUT2D eigenvalue weighted by atomic mass is 9.76. The molecule has 0 bridgehead atoms. The minimum Gasteiger partial charge on any atom is -0.369 e. The monoisotopic (exact) mass is 589 g/mol. The van der Waals surface area contributed by atoms with Gasteiger partial charge in [-0.2, -0.15) is 5.26 Å². The fraction of sp³-hybridized carbons (Fsp3) is 0.607. The van der Waals surface area contributed by atoms with Gasteiger partial charge in [-0.3, -0.25) is 4.79 Å². The van der Waals surface area contributed by atoms with Crippen molar-refractivity contribution in [2.24, 2.45) is 5.92 Å². The van der Waals surface area contributed by atoms with Crippen LogP contribution in [0.2, 0.25) is 0 Å². The predicted molar refractivity (Wildman–Crippen MR) is 151 cm³/mol. The summed E-state index contributed by atoms with van der Waals surface area (Å²) in [4.78, 5) is 22.9. The summed E-state index contributed by atoms with van der Waals surface area (Å²) in [6, 6.07) is 10.1. The molecule has 1 aromatic carbocycles. The number of alkyl halides is 2. The fourth-order valence-electron chi connectivity index (χ4n) is 6.10. The van der Waals surface area contributed by atoms with E-state index in [0.717, 1.165) is 41.1 Å². The summed E-state index contributed by atoms with van der Waals surface area (Å²) in [5.41, 5.74) is 1.86. The molecule has 40 heavy (non-hydrogen) atoms. The van der Waals surface area contributed by atoms with E-state index in [9.17, 15) is 27.3 Å². The summed E-state index contributed by atoms with van der Waals surface area (Å²) < 4.78 is 51.9. The van der Waals surface area contributed by atoms with Crippen LogP contribution in [0.3, 0.4) is 0 Å². The van der Waals surface area contributed by atoms with Gasteiger partial charge in [-0.15, -0.1) is 0 Å². The van der Waals surface area contributed by atoms with E-state index < -0.39 is 21.3 Å². The van der Waals surface area contributed by atoms with Crippen LogP contribution in [0.15, 0.2) is 24.3 Å². The molecule has 2 atom stereocenters. The van der Waals surface area contributed by atoms with Gasteiger partial charge in [0.05, 0.1) is 34.7 Å². The SMILES string of the molecule is N#CC1(NC(=O)C2CCCCC2c2nc(N3CCC(F)(F)C3)sc2-c2ccc(N3CCS(=O)(=O)CC3)cc2)CC1. The van der Waals surface area contributed by atoms with Gasteiger partial charge in [0.1, 0.15) is 5.54 Å². The van der Waals surface area contributed by atoms with Crippen LogP contribution in [0.25, 0.3) is 10.4 Å². The van der Waals surface area contributed by atoms with Gasteiger partial charge in [0.25, 0.3) is 5.92 Å². The van der Waals surface area contributed by atoms with E-state index in [4.69, 9.17) is 4.98 Å². The van der Waals surface area contributed by atoms with Gasteiger partial charge in [-0.1, -0.05) is 36.3 Å². The summed E-state index contributed by atoms with van der Waals surface area (Å²) in [6.07, 6.45) is 4.45.